The Kier molecular flexibility index (Phi) is 3.53. The predicted molar refractivity (Wildman–Crippen MR) is 57.9 cm³/mol. The molecule has 14 heavy (non-hydrogen) atoms. The first kappa shape index (κ1) is 11.5. The molecular weight excluding hydrogens is 176 g/mol. The van der Waals surface area contributed by atoms with Crippen LogP contribution >= 0.6 is 0 Å². The molecule has 1 aliphatic rings. The molecule has 1 heterocycles. The number of hydrogen-bond donors (Lipinski definition) is 1. The highest BCUT2D eigenvalue weighted by atomic mass is 16.2. The van der Waals surface area contributed by atoms with Gasteiger partial charge in [-0.3, -0.25) is 10.1 Å². The Morgan fingerprint density at radius 1 is 1.57 bits per heavy atom. The summed E-state index contributed by atoms with van der Waals surface area (Å²) in [5.41, 5.74) is -0.317. The van der Waals surface area contributed by atoms with Gasteiger partial charge >= 0.3 is 0 Å². The Hall–Kier alpha value is -0.570. The van der Waals surface area contributed by atoms with Crippen LogP contribution in [0.4, 0.5) is 0 Å². The molecule has 1 rings (SSSR count). The first-order valence-corrected chi connectivity index (χ1v) is 5.61. The number of carbonyl (C=O) groups excluding carboxylic acids is 1. The van der Waals surface area contributed by atoms with Crippen LogP contribution in [0, 0.1) is 0 Å². The van der Waals surface area contributed by atoms with Crippen molar-refractivity contribution in [3.05, 3.63) is 0 Å². The SMILES string of the molecule is CCCC(C)N1CNC(C)(CC)C1=O. The molecule has 0 aromatic rings. The second-order valence-corrected chi connectivity index (χ2v) is 4.43. The zero-order valence-electron chi connectivity index (χ0n) is 9.76. The molecule has 1 fully saturated rings. The topological polar surface area (TPSA) is 32.3 Å². The van der Waals surface area contributed by atoms with E-state index in [4.69, 9.17) is 0 Å². The van der Waals surface area contributed by atoms with Crippen LogP contribution in [0.5, 0.6) is 0 Å². The van der Waals surface area contributed by atoms with Crippen molar-refractivity contribution in [3.63, 3.8) is 0 Å². The lowest BCUT2D eigenvalue weighted by molar-refractivity contribution is -0.133. The molecule has 2 atom stereocenters. The van der Waals surface area contributed by atoms with Gasteiger partial charge in [0.05, 0.1) is 12.2 Å². The van der Waals surface area contributed by atoms with E-state index in [1.807, 2.05) is 11.8 Å². The summed E-state index contributed by atoms with van der Waals surface area (Å²) >= 11 is 0. The molecule has 1 aliphatic heterocycles. The molecule has 0 radical (unpaired) electrons. The summed E-state index contributed by atoms with van der Waals surface area (Å²) in [7, 11) is 0. The Morgan fingerprint density at radius 2 is 2.21 bits per heavy atom. The highest BCUT2D eigenvalue weighted by Crippen LogP contribution is 2.22. The minimum absolute atomic E-state index is 0.265. The molecule has 0 bridgehead atoms. The van der Waals surface area contributed by atoms with Gasteiger partial charge in [-0.15, -0.1) is 0 Å². The molecule has 2 unspecified atom stereocenters. The fraction of sp³-hybridized carbons (Fsp3) is 0.909. The molecular formula is C11H22N2O. The fourth-order valence-electron chi connectivity index (χ4n) is 1.93. The summed E-state index contributed by atoms with van der Waals surface area (Å²) in [4.78, 5) is 14.0. The molecule has 1 amide bonds. The van der Waals surface area contributed by atoms with Crippen LogP contribution in [0.25, 0.3) is 0 Å². The maximum atomic E-state index is 12.0. The van der Waals surface area contributed by atoms with Gasteiger partial charge in [-0.1, -0.05) is 20.3 Å². The number of hydrogen-bond acceptors (Lipinski definition) is 2. The summed E-state index contributed by atoms with van der Waals surface area (Å²) in [6.07, 6.45) is 3.09. The van der Waals surface area contributed by atoms with E-state index in [-0.39, 0.29) is 11.4 Å². The van der Waals surface area contributed by atoms with Crippen LogP contribution in [0.15, 0.2) is 0 Å². The van der Waals surface area contributed by atoms with Crippen LogP contribution in [-0.4, -0.2) is 29.1 Å². The quantitative estimate of drug-likeness (QED) is 0.746. The van der Waals surface area contributed by atoms with Gasteiger partial charge in [-0.25, -0.2) is 0 Å². The van der Waals surface area contributed by atoms with E-state index in [9.17, 15) is 4.79 Å². The molecule has 0 aliphatic carbocycles. The second-order valence-electron chi connectivity index (χ2n) is 4.43. The van der Waals surface area contributed by atoms with Crippen LogP contribution < -0.4 is 5.32 Å². The van der Waals surface area contributed by atoms with Crippen molar-refractivity contribution in [1.29, 1.82) is 0 Å². The van der Waals surface area contributed by atoms with E-state index < -0.39 is 0 Å². The van der Waals surface area contributed by atoms with Gasteiger partial charge in [0.2, 0.25) is 5.91 Å². The van der Waals surface area contributed by atoms with Gasteiger partial charge in [0.15, 0.2) is 0 Å². The maximum Gasteiger partial charge on any atom is 0.243 e. The fourth-order valence-corrected chi connectivity index (χ4v) is 1.93. The van der Waals surface area contributed by atoms with Crippen molar-refractivity contribution in [2.45, 2.75) is 58.5 Å². The molecule has 3 nitrogen and oxygen atoms in total. The highest BCUT2D eigenvalue weighted by Gasteiger charge is 2.42. The summed E-state index contributed by atoms with van der Waals surface area (Å²) in [5, 5.41) is 3.30. The predicted octanol–water partition coefficient (Wildman–Crippen LogP) is 1.73. The lowest BCUT2D eigenvalue weighted by Gasteiger charge is -2.25. The average Bonchev–Trinajstić information content (AvgIpc) is 2.45. The van der Waals surface area contributed by atoms with Crippen molar-refractivity contribution >= 4 is 5.91 Å². The van der Waals surface area contributed by atoms with Gasteiger partial charge in [0.1, 0.15) is 0 Å². The van der Waals surface area contributed by atoms with E-state index in [2.05, 4.69) is 26.1 Å². The van der Waals surface area contributed by atoms with Crippen molar-refractivity contribution in [2.24, 2.45) is 0 Å². The second kappa shape index (κ2) is 4.30. The van der Waals surface area contributed by atoms with Crippen molar-refractivity contribution in [2.75, 3.05) is 6.67 Å². The molecule has 1 saturated heterocycles. The molecule has 0 aromatic carbocycles. The standard InChI is InChI=1S/C11H22N2O/c1-5-7-9(3)13-8-12-11(4,6-2)10(13)14/h9,12H,5-8H2,1-4H3. The van der Waals surface area contributed by atoms with Crippen LogP contribution in [0.1, 0.15) is 47.0 Å². The van der Waals surface area contributed by atoms with Crippen molar-refractivity contribution < 1.29 is 4.79 Å². The Morgan fingerprint density at radius 3 is 2.64 bits per heavy atom. The van der Waals surface area contributed by atoms with Crippen LogP contribution in [0.3, 0.4) is 0 Å². The normalized spacial score (nSPS) is 29.7. The number of carbonyl (C=O) groups is 1. The lowest BCUT2D eigenvalue weighted by Crippen LogP contribution is -2.44. The third-order valence-electron chi connectivity index (χ3n) is 3.32. The van der Waals surface area contributed by atoms with E-state index in [1.165, 1.54) is 0 Å². The Labute approximate surface area is 86.9 Å². The van der Waals surface area contributed by atoms with Crippen molar-refractivity contribution in [3.8, 4) is 0 Å². The molecule has 82 valence electrons. The van der Waals surface area contributed by atoms with Crippen LogP contribution in [0.2, 0.25) is 0 Å². The Bertz CT molecular complexity index is 217. The van der Waals surface area contributed by atoms with Gasteiger partial charge < -0.3 is 4.90 Å². The zero-order chi connectivity index (χ0) is 10.8. The number of nitrogens with zero attached hydrogens (tertiary/aromatic N) is 1. The number of nitrogens with one attached hydrogen (secondary N) is 1. The minimum atomic E-state index is -0.317. The van der Waals surface area contributed by atoms with E-state index in [0.29, 0.717) is 12.7 Å². The first-order chi connectivity index (χ1) is 6.55. The summed E-state index contributed by atoms with van der Waals surface area (Å²) in [6, 6.07) is 0.369. The third kappa shape index (κ3) is 1.92. The zero-order valence-corrected chi connectivity index (χ0v) is 9.76. The van der Waals surface area contributed by atoms with Gasteiger partial charge in [-0.05, 0) is 26.7 Å². The molecule has 0 spiro atoms. The number of amides is 1. The van der Waals surface area contributed by atoms with E-state index in [1.54, 1.807) is 0 Å². The summed E-state index contributed by atoms with van der Waals surface area (Å²) in [5.74, 6) is 0.265. The average molecular weight is 198 g/mol. The molecule has 0 aromatic heterocycles. The molecule has 0 saturated carbocycles. The molecule has 1 N–H and O–H groups in total. The maximum absolute atomic E-state index is 12.0. The lowest BCUT2D eigenvalue weighted by atomic mass is 9.99. The van der Waals surface area contributed by atoms with E-state index in [0.717, 1.165) is 19.3 Å². The van der Waals surface area contributed by atoms with E-state index >= 15 is 0 Å². The van der Waals surface area contributed by atoms with Gasteiger partial charge in [-0.2, -0.15) is 0 Å². The van der Waals surface area contributed by atoms with Crippen LogP contribution in [-0.2, 0) is 4.79 Å². The van der Waals surface area contributed by atoms with Gasteiger partial charge in [0.25, 0.3) is 0 Å². The summed E-state index contributed by atoms with van der Waals surface area (Å²) < 4.78 is 0. The largest absolute Gasteiger partial charge is 0.326 e. The first-order valence-electron chi connectivity index (χ1n) is 5.61. The highest BCUT2D eigenvalue weighted by molar-refractivity contribution is 5.88. The van der Waals surface area contributed by atoms with Crippen molar-refractivity contribution in [1.82, 2.24) is 10.2 Å². The smallest absolute Gasteiger partial charge is 0.243 e. The summed E-state index contributed by atoms with van der Waals surface area (Å²) in [6.45, 7) is 9.05. The van der Waals surface area contributed by atoms with Gasteiger partial charge in [0, 0.05) is 6.04 Å². The molecule has 3 heteroatoms. The third-order valence-corrected chi connectivity index (χ3v) is 3.32. The minimum Gasteiger partial charge on any atom is -0.326 e. The Balaban J connectivity index is 2.64. The monoisotopic (exact) mass is 198 g/mol. The number of rotatable bonds is 4.